The van der Waals surface area contributed by atoms with Crippen molar-refractivity contribution in [1.29, 1.82) is 0 Å². The minimum Gasteiger partial charge on any atom is -0.460 e. The topological polar surface area (TPSA) is 42.1 Å². The number of ether oxygens (including phenoxy) is 1. The van der Waals surface area contributed by atoms with Crippen molar-refractivity contribution in [2.24, 2.45) is 0 Å². The Bertz CT molecular complexity index is 853. The molecule has 1 heterocycles. The van der Waals surface area contributed by atoms with Crippen LogP contribution < -0.4 is 0 Å². The van der Waals surface area contributed by atoms with Crippen molar-refractivity contribution in [3.05, 3.63) is 71.4 Å². The molecule has 0 aliphatic rings. The molecule has 1 atom stereocenters. The monoisotopic (exact) mass is 335 g/mol. The minimum absolute atomic E-state index is 0.0536. The van der Waals surface area contributed by atoms with E-state index < -0.39 is 5.60 Å². The predicted molar refractivity (Wildman–Crippen MR) is 102 cm³/mol. The largest absolute Gasteiger partial charge is 0.460 e. The van der Waals surface area contributed by atoms with E-state index >= 15 is 0 Å². The van der Waals surface area contributed by atoms with Crippen molar-refractivity contribution in [1.82, 2.24) is 4.98 Å². The lowest BCUT2D eigenvalue weighted by Gasteiger charge is -2.22. The first-order valence-corrected chi connectivity index (χ1v) is 8.68. The number of hydrogen-bond acceptors (Lipinski definition) is 2. The third kappa shape index (κ3) is 4.30. The van der Waals surface area contributed by atoms with Gasteiger partial charge in [0.2, 0.25) is 0 Å². The summed E-state index contributed by atoms with van der Waals surface area (Å²) in [5.41, 5.74) is 3.95. The van der Waals surface area contributed by atoms with E-state index in [2.05, 4.69) is 48.3 Å². The fourth-order valence-corrected chi connectivity index (χ4v) is 3.13. The molecule has 3 aromatic rings. The number of aryl methyl sites for hydroxylation is 1. The first-order chi connectivity index (χ1) is 11.8. The van der Waals surface area contributed by atoms with Gasteiger partial charge >= 0.3 is 5.97 Å². The number of esters is 1. The molecule has 2 aromatic carbocycles. The number of para-hydroxylation sites is 1. The van der Waals surface area contributed by atoms with Gasteiger partial charge in [-0.3, -0.25) is 4.79 Å². The average molecular weight is 335 g/mol. The van der Waals surface area contributed by atoms with E-state index in [1.807, 2.05) is 39.0 Å². The summed E-state index contributed by atoms with van der Waals surface area (Å²) in [6.07, 6.45) is 0.313. The Morgan fingerprint density at radius 2 is 1.84 bits per heavy atom. The van der Waals surface area contributed by atoms with E-state index in [0.717, 1.165) is 22.2 Å². The van der Waals surface area contributed by atoms with Crippen molar-refractivity contribution < 1.29 is 9.53 Å². The number of carbonyl (C=O) groups is 1. The van der Waals surface area contributed by atoms with Crippen molar-refractivity contribution >= 4 is 16.9 Å². The van der Waals surface area contributed by atoms with Gasteiger partial charge in [-0.05, 0) is 50.8 Å². The van der Waals surface area contributed by atoms with E-state index in [9.17, 15) is 4.79 Å². The zero-order valence-electron chi connectivity index (χ0n) is 15.3. The lowest BCUT2D eigenvalue weighted by molar-refractivity contribution is -0.155. The number of H-pyrrole nitrogens is 1. The maximum Gasteiger partial charge on any atom is 0.307 e. The van der Waals surface area contributed by atoms with Gasteiger partial charge in [-0.2, -0.15) is 0 Å². The normalized spacial score (nSPS) is 13.0. The van der Waals surface area contributed by atoms with Gasteiger partial charge in [-0.25, -0.2) is 0 Å². The van der Waals surface area contributed by atoms with Crippen LogP contribution in [-0.2, 0) is 9.53 Å². The lowest BCUT2D eigenvalue weighted by Crippen LogP contribution is -2.25. The molecule has 25 heavy (non-hydrogen) atoms. The Morgan fingerprint density at radius 3 is 2.52 bits per heavy atom. The van der Waals surface area contributed by atoms with E-state index in [4.69, 9.17) is 4.74 Å². The summed E-state index contributed by atoms with van der Waals surface area (Å²) in [6.45, 7) is 7.76. The van der Waals surface area contributed by atoms with E-state index in [1.54, 1.807) is 0 Å². The molecule has 0 radical (unpaired) electrons. The van der Waals surface area contributed by atoms with Gasteiger partial charge in [-0.15, -0.1) is 0 Å². The molecule has 0 saturated heterocycles. The third-order valence-corrected chi connectivity index (χ3v) is 4.16. The third-order valence-electron chi connectivity index (χ3n) is 4.16. The van der Waals surface area contributed by atoms with E-state index in [1.165, 1.54) is 5.56 Å². The van der Waals surface area contributed by atoms with Crippen LogP contribution in [0, 0.1) is 6.92 Å². The van der Waals surface area contributed by atoms with Crippen LogP contribution in [0.1, 0.15) is 49.9 Å². The molecule has 0 fully saturated rings. The standard InChI is InChI=1S/C22H25NO2/c1-15-8-7-10-16(12-15)18(14-21(24)25-22(2,3)4)20-13-17-9-5-6-11-19(17)23-20/h5-13,18,23H,14H2,1-4H3. The highest BCUT2D eigenvalue weighted by Gasteiger charge is 2.24. The number of rotatable bonds is 4. The van der Waals surface area contributed by atoms with Crippen molar-refractivity contribution in [3.63, 3.8) is 0 Å². The second-order valence-corrected chi connectivity index (χ2v) is 7.57. The summed E-state index contributed by atoms with van der Waals surface area (Å²) in [7, 11) is 0. The molecule has 0 aliphatic carbocycles. The molecule has 1 unspecified atom stereocenters. The molecular formula is C22H25NO2. The van der Waals surface area contributed by atoms with Crippen molar-refractivity contribution in [2.75, 3.05) is 0 Å². The van der Waals surface area contributed by atoms with Gasteiger partial charge in [0.15, 0.2) is 0 Å². The summed E-state index contributed by atoms with van der Waals surface area (Å²) >= 11 is 0. The molecule has 0 spiro atoms. The summed E-state index contributed by atoms with van der Waals surface area (Å²) < 4.78 is 5.56. The lowest BCUT2D eigenvalue weighted by atomic mass is 9.91. The van der Waals surface area contributed by atoms with E-state index in [0.29, 0.717) is 6.42 Å². The number of benzene rings is 2. The molecule has 3 heteroatoms. The van der Waals surface area contributed by atoms with Crippen molar-refractivity contribution in [2.45, 2.75) is 45.6 Å². The summed E-state index contributed by atoms with van der Waals surface area (Å²) in [5.74, 6) is -0.236. The van der Waals surface area contributed by atoms with Crippen LogP contribution in [0.5, 0.6) is 0 Å². The van der Waals surface area contributed by atoms with Gasteiger partial charge in [0.25, 0.3) is 0 Å². The second kappa shape index (κ2) is 6.75. The first kappa shape index (κ1) is 17.3. The molecule has 0 aliphatic heterocycles. The molecule has 1 N–H and O–H groups in total. The molecule has 130 valence electrons. The molecule has 3 nitrogen and oxygen atoms in total. The Kier molecular flexibility index (Phi) is 4.67. The fraction of sp³-hybridized carbons (Fsp3) is 0.318. The van der Waals surface area contributed by atoms with Gasteiger partial charge < -0.3 is 9.72 Å². The molecule has 0 amide bonds. The highest BCUT2D eigenvalue weighted by Crippen LogP contribution is 2.31. The summed E-state index contributed by atoms with van der Waals surface area (Å²) in [4.78, 5) is 16.0. The molecule has 0 saturated carbocycles. The number of fused-ring (bicyclic) bond motifs is 1. The Labute approximate surface area is 149 Å². The zero-order valence-corrected chi connectivity index (χ0v) is 15.3. The maximum atomic E-state index is 12.5. The first-order valence-electron chi connectivity index (χ1n) is 8.68. The van der Waals surface area contributed by atoms with Gasteiger partial charge in [0, 0.05) is 17.1 Å². The number of carbonyl (C=O) groups excluding carboxylic acids is 1. The van der Waals surface area contributed by atoms with Crippen LogP contribution in [0.25, 0.3) is 10.9 Å². The number of nitrogens with one attached hydrogen (secondary N) is 1. The fourth-order valence-electron chi connectivity index (χ4n) is 3.13. The van der Waals surface area contributed by atoms with Gasteiger partial charge in [0.1, 0.15) is 5.60 Å². The highest BCUT2D eigenvalue weighted by molar-refractivity contribution is 5.81. The van der Waals surface area contributed by atoms with E-state index in [-0.39, 0.29) is 11.9 Å². The van der Waals surface area contributed by atoms with Crippen LogP contribution >= 0.6 is 0 Å². The van der Waals surface area contributed by atoms with Crippen molar-refractivity contribution in [3.8, 4) is 0 Å². The van der Waals surface area contributed by atoms with Crippen LogP contribution in [0.15, 0.2) is 54.6 Å². The molecular weight excluding hydrogens is 310 g/mol. The molecule has 0 bridgehead atoms. The van der Waals surface area contributed by atoms with Gasteiger partial charge in [-0.1, -0.05) is 48.0 Å². The van der Waals surface area contributed by atoms with Crippen LogP contribution in [0.2, 0.25) is 0 Å². The van der Waals surface area contributed by atoms with Crippen LogP contribution in [0.3, 0.4) is 0 Å². The predicted octanol–water partition coefficient (Wildman–Crippen LogP) is 5.34. The Balaban J connectivity index is 1.98. The quantitative estimate of drug-likeness (QED) is 0.654. The highest BCUT2D eigenvalue weighted by atomic mass is 16.6. The Morgan fingerprint density at radius 1 is 1.08 bits per heavy atom. The van der Waals surface area contributed by atoms with Crippen LogP contribution in [-0.4, -0.2) is 16.6 Å². The maximum absolute atomic E-state index is 12.5. The SMILES string of the molecule is Cc1cccc(C(CC(=O)OC(C)(C)C)c2cc3ccccc3[nH]2)c1. The van der Waals surface area contributed by atoms with Gasteiger partial charge in [0.05, 0.1) is 6.42 Å². The molecule has 3 rings (SSSR count). The summed E-state index contributed by atoms with van der Waals surface area (Å²) in [5, 5.41) is 1.15. The molecule has 1 aromatic heterocycles. The zero-order chi connectivity index (χ0) is 18.0. The average Bonchev–Trinajstić information content (AvgIpc) is 2.94. The van der Waals surface area contributed by atoms with Crippen LogP contribution in [0.4, 0.5) is 0 Å². The second-order valence-electron chi connectivity index (χ2n) is 7.57. The Hall–Kier alpha value is -2.55. The number of hydrogen-bond donors (Lipinski definition) is 1. The number of aromatic nitrogens is 1. The summed E-state index contributed by atoms with van der Waals surface area (Å²) in [6, 6.07) is 18.6. The minimum atomic E-state index is -0.477. The number of aromatic amines is 1. The smallest absolute Gasteiger partial charge is 0.307 e.